The number of nitrogens with zero attached hydrogens (tertiary/aromatic N) is 2. The number of benzene rings is 2. The van der Waals surface area contributed by atoms with Gasteiger partial charge in [-0.25, -0.2) is 0 Å². The number of nitro groups is 1. The fraction of sp³-hybridized carbons (Fsp3) is 0.304. The van der Waals surface area contributed by atoms with E-state index in [1.165, 1.54) is 30.2 Å². The smallest absolute Gasteiger partial charge is 0.295 e. The van der Waals surface area contributed by atoms with Crippen LogP contribution in [0.4, 0.5) is 5.69 Å². The maximum atomic E-state index is 13.0. The molecule has 2 unspecified atom stereocenters. The summed E-state index contributed by atoms with van der Waals surface area (Å²) in [7, 11) is 1.51. The zero-order valence-corrected chi connectivity index (χ0v) is 17.4. The number of amides is 1. The van der Waals surface area contributed by atoms with Crippen LogP contribution in [0.3, 0.4) is 0 Å². The number of non-ortho nitro benzene ring substituents is 1. The van der Waals surface area contributed by atoms with Gasteiger partial charge in [0.05, 0.1) is 29.8 Å². The molecule has 0 bridgehead atoms. The molecule has 2 aliphatic rings. The second-order valence-electron chi connectivity index (χ2n) is 7.67. The average molecular weight is 438 g/mol. The standard InChI is InChI=1S/C23H22N2O7/c1-31-17-9-7-14(8-10-17)21(26)19-20(15-4-2-5-16(12-15)25(29)30)24(23(28)22(19)27)13-18-6-3-11-32-18/h2,4-5,7-10,12,18,20,26H,3,6,11,13H2,1H3/b21-19+. The Morgan fingerprint density at radius 1 is 1.25 bits per heavy atom. The van der Waals surface area contributed by atoms with Crippen LogP contribution in [-0.4, -0.2) is 53.0 Å². The summed E-state index contributed by atoms with van der Waals surface area (Å²) in [6.07, 6.45) is 1.35. The van der Waals surface area contributed by atoms with Gasteiger partial charge in [0.15, 0.2) is 0 Å². The van der Waals surface area contributed by atoms with Gasteiger partial charge >= 0.3 is 0 Å². The van der Waals surface area contributed by atoms with Crippen LogP contribution in [0, 0.1) is 10.1 Å². The first kappa shape index (κ1) is 21.5. The molecule has 32 heavy (non-hydrogen) atoms. The number of ketones is 1. The zero-order valence-electron chi connectivity index (χ0n) is 17.4. The molecule has 0 aliphatic carbocycles. The van der Waals surface area contributed by atoms with Crippen molar-refractivity contribution in [2.24, 2.45) is 0 Å². The Bertz CT molecular complexity index is 1090. The number of Topliss-reactive ketones (excluding diaryl/α,β-unsaturated/α-hetero) is 1. The molecule has 166 valence electrons. The van der Waals surface area contributed by atoms with E-state index in [0.29, 0.717) is 23.5 Å². The molecule has 2 aliphatic heterocycles. The lowest BCUT2D eigenvalue weighted by Crippen LogP contribution is -2.36. The molecule has 0 saturated carbocycles. The molecule has 2 fully saturated rings. The van der Waals surface area contributed by atoms with E-state index in [0.717, 1.165) is 12.8 Å². The summed E-state index contributed by atoms with van der Waals surface area (Å²) in [5, 5.41) is 22.4. The summed E-state index contributed by atoms with van der Waals surface area (Å²) in [6, 6.07) is 11.2. The first-order valence-corrected chi connectivity index (χ1v) is 10.2. The summed E-state index contributed by atoms with van der Waals surface area (Å²) in [6.45, 7) is 0.721. The number of carbonyl (C=O) groups is 2. The molecule has 9 nitrogen and oxygen atoms in total. The van der Waals surface area contributed by atoms with Gasteiger partial charge in [-0.05, 0) is 42.7 Å². The summed E-state index contributed by atoms with van der Waals surface area (Å²) in [4.78, 5) is 38.1. The van der Waals surface area contributed by atoms with Gasteiger partial charge in [0.25, 0.3) is 17.4 Å². The lowest BCUT2D eigenvalue weighted by atomic mass is 9.95. The Morgan fingerprint density at radius 3 is 2.62 bits per heavy atom. The number of aliphatic hydroxyl groups excluding tert-OH is 1. The number of nitro benzene ring substituents is 1. The van der Waals surface area contributed by atoms with E-state index in [1.54, 1.807) is 30.3 Å². The first-order chi connectivity index (χ1) is 15.4. The lowest BCUT2D eigenvalue weighted by Gasteiger charge is -2.27. The third-order valence-corrected chi connectivity index (χ3v) is 5.72. The predicted molar refractivity (Wildman–Crippen MR) is 114 cm³/mol. The van der Waals surface area contributed by atoms with E-state index in [-0.39, 0.29) is 29.7 Å². The number of aliphatic hydroxyl groups is 1. The fourth-order valence-corrected chi connectivity index (χ4v) is 4.14. The number of rotatable bonds is 6. The van der Waals surface area contributed by atoms with Crippen LogP contribution >= 0.6 is 0 Å². The Hall–Kier alpha value is -3.72. The molecule has 1 amide bonds. The van der Waals surface area contributed by atoms with Crippen molar-refractivity contribution in [1.82, 2.24) is 4.90 Å². The third kappa shape index (κ3) is 3.94. The van der Waals surface area contributed by atoms with Crippen molar-refractivity contribution in [1.29, 1.82) is 0 Å². The molecular weight excluding hydrogens is 416 g/mol. The minimum absolute atomic E-state index is 0.112. The van der Waals surface area contributed by atoms with Crippen LogP contribution in [0.2, 0.25) is 0 Å². The number of methoxy groups -OCH3 is 1. The van der Waals surface area contributed by atoms with E-state index in [4.69, 9.17) is 9.47 Å². The fourth-order valence-electron chi connectivity index (χ4n) is 4.14. The Morgan fingerprint density at radius 2 is 2.00 bits per heavy atom. The van der Waals surface area contributed by atoms with Gasteiger partial charge < -0.3 is 19.5 Å². The van der Waals surface area contributed by atoms with Gasteiger partial charge in [-0.2, -0.15) is 0 Å². The highest BCUT2D eigenvalue weighted by molar-refractivity contribution is 6.46. The highest BCUT2D eigenvalue weighted by Crippen LogP contribution is 2.41. The number of likely N-dealkylation sites (tertiary alicyclic amines) is 1. The number of ether oxygens (including phenoxy) is 2. The average Bonchev–Trinajstić information content (AvgIpc) is 3.41. The van der Waals surface area contributed by atoms with Gasteiger partial charge in [-0.15, -0.1) is 0 Å². The molecule has 2 aromatic rings. The quantitative estimate of drug-likeness (QED) is 0.242. The van der Waals surface area contributed by atoms with Crippen molar-refractivity contribution in [3.63, 3.8) is 0 Å². The van der Waals surface area contributed by atoms with Crippen LogP contribution in [0.25, 0.3) is 5.76 Å². The van der Waals surface area contributed by atoms with Crippen molar-refractivity contribution in [2.45, 2.75) is 25.0 Å². The van der Waals surface area contributed by atoms with E-state index < -0.39 is 22.7 Å². The van der Waals surface area contributed by atoms with E-state index in [9.17, 15) is 24.8 Å². The number of carbonyl (C=O) groups excluding carboxylic acids is 2. The highest BCUT2D eigenvalue weighted by Gasteiger charge is 2.47. The van der Waals surface area contributed by atoms with Gasteiger partial charge in [-0.1, -0.05) is 12.1 Å². The second kappa shape index (κ2) is 8.80. The van der Waals surface area contributed by atoms with E-state index in [1.807, 2.05) is 0 Å². The number of hydrogen-bond donors (Lipinski definition) is 1. The molecule has 2 heterocycles. The summed E-state index contributed by atoms with van der Waals surface area (Å²) >= 11 is 0. The Balaban J connectivity index is 1.83. The maximum Gasteiger partial charge on any atom is 0.295 e. The van der Waals surface area contributed by atoms with E-state index >= 15 is 0 Å². The third-order valence-electron chi connectivity index (χ3n) is 5.72. The lowest BCUT2D eigenvalue weighted by molar-refractivity contribution is -0.384. The van der Waals surface area contributed by atoms with Gasteiger partial charge in [0.1, 0.15) is 11.5 Å². The SMILES string of the molecule is COc1ccc(/C(O)=C2\C(=O)C(=O)N(CC3CCCO3)C2c2cccc([N+](=O)[O-])c2)cc1. The van der Waals surface area contributed by atoms with E-state index in [2.05, 4.69) is 0 Å². The molecule has 9 heteroatoms. The minimum Gasteiger partial charge on any atom is -0.507 e. The topological polar surface area (TPSA) is 119 Å². The molecule has 2 saturated heterocycles. The van der Waals surface area contributed by atoms with Gasteiger partial charge in [0.2, 0.25) is 0 Å². The monoisotopic (exact) mass is 438 g/mol. The highest BCUT2D eigenvalue weighted by atomic mass is 16.6. The molecule has 2 atom stereocenters. The van der Waals surface area contributed by atoms with Crippen molar-refractivity contribution in [2.75, 3.05) is 20.3 Å². The summed E-state index contributed by atoms with van der Waals surface area (Å²) in [5.41, 5.74) is 0.413. The summed E-state index contributed by atoms with van der Waals surface area (Å²) in [5.74, 6) is -1.40. The van der Waals surface area contributed by atoms with Crippen LogP contribution in [0.15, 0.2) is 54.1 Å². The normalized spacial score (nSPS) is 22.3. The van der Waals surface area contributed by atoms with Crippen molar-refractivity contribution < 1.29 is 29.1 Å². The zero-order chi connectivity index (χ0) is 22.8. The summed E-state index contributed by atoms with van der Waals surface area (Å²) < 4.78 is 10.8. The molecule has 4 rings (SSSR count). The van der Waals surface area contributed by atoms with Crippen molar-refractivity contribution >= 4 is 23.1 Å². The van der Waals surface area contributed by atoms with Gasteiger partial charge in [-0.3, -0.25) is 19.7 Å². The Labute approximate surface area is 184 Å². The molecule has 2 aromatic carbocycles. The first-order valence-electron chi connectivity index (χ1n) is 10.2. The number of hydrogen-bond acceptors (Lipinski definition) is 7. The second-order valence-corrected chi connectivity index (χ2v) is 7.67. The van der Waals surface area contributed by atoms with Crippen molar-refractivity contribution in [3.8, 4) is 5.75 Å². The molecule has 0 spiro atoms. The van der Waals surface area contributed by atoms with Gasteiger partial charge in [0, 0.05) is 30.8 Å². The molecular formula is C23H22N2O7. The molecule has 0 aromatic heterocycles. The maximum absolute atomic E-state index is 13.0. The van der Waals surface area contributed by atoms with Crippen molar-refractivity contribution in [3.05, 3.63) is 75.3 Å². The Kier molecular flexibility index (Phi) is 5.91. The van der Waals surface area contributed by atoms with Crippen LogP contribution in [0.1, 0.15) is 30.0 Å². The molecule has 0 radical (unpaired) electrons. The van der Waals surface area contributed by atoms with Crippen LogP contribution in [-0.2, 0) is 14.3 Å². The molecule has 1 N–H and O–H groups in total. The minimum atomic E-state index is -0.971. The largest absolute Gasteiger partial charge is 0.507 e. The van der Waals surface area contributed by atoms with Crippen LogP contribution in [0.5, 0.6) is 5.75 Å². The van der Waals surface area contributed by atoms with Crippen LogP contribution < -0.4 is 4.74 Å². The predicted octanol–water partition coefficient (Wildman–Crippen LogP) is 3.20.